The summed E-state index contributed by atoms with van der Waals surface area (Å²) in [5, 5.41) is 19.1. The van der Waals surface area contributed by atoms with Gasteiger partial charge in [0.15, 0.2) is 11.5 Å². The van der Waals surface area contributed by atoms with E-state index in [1.165, 1.54) is 25.3 Å². The fraction of sp³-hybridized carbons (Fsp3) is 0.111. The molecule has 5 heteroatoms. The van der Waals surface area contributed by atoms with E-state index < -0.39 is 0 Å². The highest BCUT2D eigenvalue weighted by Crippen LogP contribution is 2.35. The van der Waals surface area contributed by atoms with Crippen LogP contribution in [0.25, 0.3) is 6.08 Å². The number of phenolic OH excluding ortho intramolecular Hbond substituents is 1. The number of ether oxygens (including phenoxy) is 1. The number of nitriles is 1. The minimum Gasteiger partial charge on any atom is -0.503 e. The molecule has 0 aliphatic rings. The number of hydrogen-bond donors (Lipinski definition) is 1. The highest BCUT2D eigenvalue weighted by molar-refractivity contribution is 6.32. The van der Waals surface area contributed by atoms with Crippen molar-refractivity contribution in [2.45, 2.75) is 6.92 Å². The molecule has 0 fully saturated rings. The summed E-state index contributed by atoms with van der Waals surface area (Å²) in [4.78, 5) is 12.5. The molecule has 0 bridgehead atoms. The monoisotopic (exact) mass is 327 g/mol. The van der Waals surface area contributed by atoms with E-state index >= 15 is 0 Å². The summed E-state index contributed by atoms with van der Waals surface area (Å²) in [5.74, 6) is -0.381. The maximum Gasteiger partial charge on any atom is 0.203 e. The molecule has 0 spiro atoms. The van der Waals surface area contributed by atoms with E-state index in [0.29, 0.717) is 11.1 Å². The van der Waals surface area contributed by atoms with Gasteiger partial charge in [0.2, 0.25) is 5.78 Å². The molecule has 23 heavy (non-hydrogen) atoms. The summed E-state index contributed by atoms with van der Waals surface area (Å²) in [5.41, 5.74) is 1.73. The molecule has 2 aromatic carbocycles. The third kappa shape index (κ3) is 3.53. The largest absolute Gasteiger partial charge is 0.503 e. The molecule has 0 saturated carbocycles. The van der Waals surface area contributed by atoms with Gasteiger partial charge in [0.25, 0.3) is 0 Å². The molecule has 0 amide bonds. The molecule has 2 aromatic rings. The number of hydrogen-bond acceptors (Lipinski definition) is 4. The Morgan fingerprint density at radius 2 is 2.04 bits per heavy atom. The van der Waals surface area contributed by atoms with E-state index in [4.69, 9.17) is 16.3 Å². The van der Waals surface area contributed by atoms with E-state index in [1.807, 2.05) is 25.1 Å². The number of carbonyl (C=O) groups is 1. The van der Waals surface area contributed by atoms with E-state index in [9.17, 15) is 15.2 Å². The Morgan fingerprint density at radius 3 is 2.65 bits per heavy atom. The second kappa shape index (κ2) is 6.99. The molecule has 0 atom stereocenters. The number of methoxy groups -OCH3 is 1. The lowest BCUT2D eigenvalue weighted by Crippen LogP contribution is -2.04. The molecule has 0 unspecified atom stereocenters. The van der Waals surface area contributed by atoms with Crippen molar-refractivity contribution in [3.63, 3.8) is 0 Å². The van der Waals surface area contributed by atoms with Crippen molar-refractivity contribution in [1.29, 1.82) is 5.26 Å². The first-order chi connectivity index (χ1) is 11.0. The van der Waals surface area contributed by atoms with Crippen molar-refractivity contribution < 1.29 is 14.6 Å². The van der Waals surface area contributed by atoms with Crippen molar-refractivity contribution in [2.24, 2.45) is 0 Å². The first-order valence-corrected chi connectivity index (χ1v) is 7.14. The molecule has 2 rings (SSSR count). The van der Waals surface area contributed by atoms with Crippen molar-refractivity contribution >= 4 is 23.5 Å². The van der Waals surface area contributed by atoms with Crippen LogP contribution in [0.2, 0.25) is 5.02 Å². The zero-order valence-corrected chi connectivity index (χ0v) is 13.4. The van der Waals surface area contributed by atoms with Gasteiger partial charge in [0, 0.05) is 5.56 Å². The SMILES string of the molecule is COc1cc(/C=C(\C#N)C(=O)c2ccccc2C)cc(Cl)c1O. The standard InChI is InChI=1S/C18H14ClNO3/c1-11-5-3-4-6-14(11)17(21)13(10-20)7-12-8-15(19)18(22)16(9-12)23-2/h3-9,22H,1-2H3/b13-7+. The number of benzene rings is 2. The molecule has 4 nitrogen and oxygen atoms in total. The van der Waals surface area contributed by atoms with Crippen LogP contribution in [-0.2, 0) is 0 Å². The predicted octanol–water partition coefficient (Wildman–Crippen LogP) is 4.15. The maximum atomic E-state index is 12.5. The van der Waals surface area contributed by atoms with Crippen LogP contribution in [0.4, 0.5) is 0 Å². The molecule has 0 aliphatic heterocycles. The van der Waals surface area contributed by atoms with Gasteiger partial charge in [0.1, 0.15) is 11.6 Å². The van der Waals surface area contributed by atoms with Gasteiger partial charge in [-0.2, -0.15) is 5.26 Å². The second-order valence-corrected chi connectivity index (χ2v) is 5.27. The Balaban J connectivity index is 2.48. The number of rotatable bonds is 4. The van der Waals surface area contributed by atoms with Crippen LogP contribution in [0.15, 0.2) is 42.0 Å². The van der Waals surface area contributed by atoms with Gasteiger partial charge >= 0.3 is 0 Å². The number of halogens is 1. The summed E-state index contributed by atoms with van der Waals surface area (Å²) in [6.45, 7) is 1.81. The molecule has 0 aromatic heterocycles. The van der Waals surface area contributed by atoms with Crippen LogP contribution in [0, 0.1) is 18.3 Å². The van der Waals surface area contributed by atoms with Crippen LogP contribution in [0.3, 0.4) is 0 Å². The second-order valence-electron chi connectivity index (χ2n) is 4.87. The van der Waals surface area contributed by atoms with Crippen molar-refractivity contribution in [2.75, 3.05) is 7.11 Å². The van der Waals surface area contributed by atoms with Gasteiger partial charge in [-0.05, 0) is 36.3 Å². The van der Waals surface area contributed by atoms with Crippen LogP contribution < -0.4 is 4.74 Å². The molecular formula is C18H14ClNO3. The van der Waals surface area contributed by atoms with E-state index in [2.05, 4.69) is 0 Å². The van der Waals surface area contributed by atoms with Gasteiger partial charge in [0.05, 0.1) is 12.1 Å². The first kappa shape index (κ1) is 16.6. The molecule has 0 radical (unpaired) electrons. The fourth-order valence-electron chi connectivity index (χ4n) is 2.12. The summed E-state index contributed by atoms with van der Waals surface area (Å²) < 4.78 is 5.01. The van der Waals surface area contributed by atoms with Crippen LogP contribution in [0.5, 0.6) is 11.5 Å². The van der Waals surface area contributed by atoms with E-state index in [1.54, 1.807) is 12.1 Å². The number of allylic oxidation sites excluding steroid dienone is 1. The highest BCUT2D eigenvalue weighted by atomic mass is 35.5. The molecule has 1 N–H and O–H groups in total. The third-order valence-corrected chi connectivity index (χ3v) is 3.62. The van der Waals surface area contributed by atoms with Crippen molar-refractivity contribution in [3.05, 3.63) is 63.7 Å². The minimum absolute atomic E-state index is 0.0249. The average molecular weight is 328 g/mol. The summed E-state index contributed by atoms with van der Waals surface area (Å²) >= 11 is 5.92. The average Bonchev–Trinajstić information content (AvgIpc) is 2.55. The quantitative estimate of drug-likeness (QED) is 0.520. The maximum absolute atomic E-state index is 12.5. The lowest BCUT2D eigenvalue weighted by atomic mass is 9.98. The Morgan fingerprint density at radius 1 is 1.35 bits per heavy atom. The number of aryl methyl sites for hydroxylation is 1. The normalized spacial score (nSPS) is 11.0. The number of Topliss-reactive ketones (excluding diaryl/α,β-unsaturated/α-hetero) is 1. The first-order valence-electron chi connectivity index (χ1n) is 6.76. The Labute approximate surface area is 139 Å². The Hall–Kier alpha value is -2.77. The molecular weight excluding hydrogens is 314 g/mol. The lowest BCUT2D eigenvalue weighted by molar-refractivity contribution is 0.103. The number of ketones is 1. The Bertz CT molecular complexity index is 835. The summed E-state index contributed by atoms with van der Waals surface area (Å²) in [7, 11) is 1.39. The molecule has 116 valence electrons. The number of aromatic hydroxyl groups is 1. The summed E-state index contributed by atoms with van der Waals surface area (Å²) in [6, 6.07) is 11.9. The third-order valence-electron chi connectivity index (χ3n) is 3.34. The number of carbonyl (C=O) groups excluding carboxylic acids is 1. The van der Waals surface area contributed by atoms with Crippen LogP contribution in [0.1, 0.15) is 21.5 Å². The topological polar surface area (TPSA) is 70.3 Å². The molecule has 0 heterocycles. The number of phenols is 1. The Kier molecular flexibility index (Phi) is 5.05. The number of nitrogens with zero attached hydrogens (tertiary/aromatic N) is 1. The minimum atomic E-state index is -0.367. The van der Waals surface area contributed by atoms with Gasteiger partial charge in [-0.25, -0.2) is 0 Å². The predicted molar refractivity (Wildman–Crippen MR) is 88.8 cm³/mol. The van der Waals surface area contributed by atoms with Crippen LogP contribution >= 0.6 is 11.6 Å². The van der Waals surface area contributed by atoms with E-state index in [-0.39, 0.29) is 27.9 Å². The lowest BCUT2D eigenvalue weighted by Gasteiger charge is -2.07. The van der Waals surface area contributed by atoms with Crippen LogP contribution in [-0.4, -0.2) is 18.0 Å². The van der Waals surface area contributed by atoms with Gasteiger partial charge in [-0.15, -0.1) is 0 Å². The van der Waals surface area contributed by atoms with Gasteiger partial charge < -0.3 is 9.84 Å². The zero-order chi connectivity index (χ0) is 17.0. The summed E-state index contributed by atoms with van der Waals surface area (Å²) in [6.07, 6.45) is 1.42. The van der Waals surface area contributed by atoms with Crippen molar-refractivity contribution in [1.82, 2.24) is 0 Å². The zero-order valence-electron chi connectivity index (χ0n) is 12.6. The smallest absolute Gasteiger partial charge is 0.203 e. The molecule has 0 aliphatic carbocycles. The fourth-order valence-corrected chi connectivity index (χ4v) is 2.34. The highest BCUT2D eigenvalue weighted by Gasteiger charge is 2.15. The molecule has 0 saturated heterocycles. The van der Waals surface area contributed by atoms with Crippen molar-refractivity contribution in [3.8, 4) is 17.6 Å². The van der Waals surface area contributed by atoms with E-state index in [0.717, 1.165) is 5.56 Å². The van der Waals surface area contributed by atoms with Gasteiger partial charge in [-0.1, -0.05) is 35.9 Å². The van der Waals surface area contributed by atoms with Gasteiger partial charge in [-0.3, -0.25) is 4.79 Å².